The van der Waals surface area contributed by atoms with Crippen LogP contribution in [-0.2, 0) is 18.0 Å². The molecule has 0 saturated carbocycles. The third-order valence-corrected chi connectivity index (χ3v) is 3.82. The minimum atomic E-state index is 0.425. The summed E-state index contributed by atoms with van der Waals surface area (Å²) in [4.78, 5) is 0. The molecule has 1 N–H and O–H groups in total. The Labute approximate surface area is 139 Å². The van der Waals surface area contributed by atoms with Gasteiger partial charge in [0.2, 0.25) is 0 Å². The second kappa shape index (κ2) is 6.60. The fraction of sp³-hybridized carbons (Fsp3) is 0.105. The van der Waals surface area contributed by atoms with E-state index in [4.69, 9.17) is 4.74 Å². The van der Waals surface area contributed by atoms with Gasteiger partial charge in [-0.2, -0.15) is 5.10 Å². The third-order valence-electron chi connectivity index (χ3n) is 3.82. The number of rotatable bonds is 5. The van der Waals surface area contributed by atoms with E-state index in [0.29, 0.717) is 18.9 Å². The number of hydrogen-bond acceptors (Lipinski definition) is 4. The maximum absolute atomic E-state index is 5.79. The quantitative estimate of drug-likeness (QED) is 0.609. The van der Waals surface area contributed by atoms with Gasteiger partial charge in [-0.05, 0) is 11.6 Å². The van der Waals surface area contributed by atoms with Crippen LogP contribution in [0.3, 0.4) is 0 Å². The molecule has 0 aliphatic heterocycles. The van der Waals surface area contributed by atoms with Crippen LogP contribution in [0.5, 0.6) is 0 Å². The molecule has 2 aromatic carbocycles. The van der Waals surface area contributed by atoms with E-state index >= 15 is 0 Å². The van der Waals surface area contributed by atoms with E-state index in [9.17, 15) is 0 Å². The van der Waals surface area contributed by atoms with Gasteiger partial charge in [0.25, 0.3) is 0 Å². The van der Waals surface area contributed by atoms with Gasteiger partial charge >= 0.3 is 0 Å². The first-order valence-electron chi connectivity index (χ1n) is 7.78. The van der Waals surface area contributed by atoms with Crippen molar-refractivity contribution < 1.29 is 4.74 Å². The SMILES string of the molecule is c1ccc(COCc2n[nH]c3nnc(-c4ccccc4)cc23)cc1. The van der Waals surface area contributed by atoms with Crippen molar-refractivity contribution in [2.75, 3.05) is 0 Å². The number of hydrogen-bond donors (Lipinski definition) is 1. The highest BCUT2D eigenvalue weighted by Crippen LogP contribution is 2.21. The predicted molar refractivity (Wildman–Crippen MR) is 92.1 cm³/mol. The zero-order valence-corrected chi connectivity index (χ0v) is 13.0. The topological polar surface area (TPSA) is 63.7 Å². The average molecular weight is 316 g/mol. The highest BCUT2D eigenvalue weighted by molar-refractivity contribution is 5.81. The Hall–Kier alpha value is -3.05. The molecule has 5 nitrogen and oxygen atoms in total. The molecule has 4 rings (SSSR count). The van der Waals surface area contributed by atoms with Crippen molar-refractivity contribution in [3.05, 3.63) is 78.0 Å². The predicted octanol–water partition coefficient (Wildman–Crippen LogP) is 3.74. The Balaban J connectivity index is 1.55. The van der Waals surface area contributed by atoms with Crippen molar-refractivity contribution in [2.24, 2.45) is 0 Å². The summed E-state index contributed by atoms with van der Waals surface area (Å²) in [6.45, 7) is 0.980. The number of benzene rings is 2. The summed E-state index contributed by atoms with van der Waals surface area (Å²) >= 11 is 0. The summed E-state index contributed by atoms with van der Waals surface area (Å²) in [5.74, 6) is 0. The van der Waals surface area contributed by atoms with Gasteiger partial charge in [-0.1, -0.05) is 60.7 Å². The van der Waals surface area contributed by atoms with E-state index in [1.54, 1.807) is 0 Å². The molecule has 118 valence electrons. The van der Waals surface area contributed by atoms with Gasteiger partial charge < -0.3 is 4.74 Å². The summed E-state index contributed by atoms with van der Waals surface area (Å²) in [5, 5.41) is 16.6. The summed E-state index contributed by atoms with van der Waals surface area (Å²) in [6, 6.07) is 22.1. The molecule has 0 aliphatic rings. The van der Waals surface area contributed by atoms with Crippen molar-refractivity contribution in [3.8, 4) is 11.3 Å². The van der Waals surface area contributed by atoms with Crippen molar-refractivity contribution in [1.29, 1.82) is 0 Å². The first-order valence-corrected chi connectivity index (χ1v) is 7.78. The molecule has 0 bridgehead atoms. The number of aromatic amines is 1. The van der Waals surface area contributed by atoms with Crippen LogP contribution >= 0.6 is 0 Å². The zero-order chi connectivity index (χ0) is 16.2. The number of fused-ring (bicyclic) bond motifs is 1. The fourth-order valence-corrected chi connectivity index (χ4v) is 2.57. The molecule has 2 heterocycles. The lowest BCUT2D eigenvalue weighted by atomic mass is 10.1. The Morgan fingerprint density at radius 1 is 0.833 bits per heavy atom. The van der Waals surface area contributed by atoms with Crippen LogP contribution < -0.4 is 0 Å². The van der Waals surface area contributed by atoms with Crippen LogP contribution in [0.2, 0.25) is 0 Å². The van der Waals surface area contributed by atoms with Crippen LogP contribution in [0.15, 0.2) is 66.7 Å². The summed E-state index contributed by atoms with van der Waals surface area (Å²) in [6.07, 6.45) is 0. The number of aromatic nitrogens is 4. The Morgan fingerprint density at radius 2 is 1.58 bits per heavy atom. The van der Waals surface area contributed by atoms with E-state index in [1.165, 1.54) is 0 Å². The van der Waals surface area contributed by atoms with Crippen molar-refractivity contribution in [3.63, 3.8) is 0 Å². The van der Waals surface area contributed by atoms with Crippen molar-refractivity contribution in [2.45, 2.75) is 13.2 Å². The van der Waals surface area contributed by atoms with Gasteiger partial charge in [-0.25, -0.2) is 0 Å². The lowest BCUT2D eigenvalue weighted by molar-refractivity contribution is 0.105. The second-order valence-corrected chi connectivity index (χ2v) is 5.51. The second-order valence-electron chi connectivity index (χ2n) is 5.51. The minimum Gasteiger partial charge on any atom is -0.370 e. The molecule has 0 atom stereocenters. The summed E-state index contributed by atoms with van der Waals surface area (Å²) < 4.78 is 5.79. The Bertz CT molecular complexity index is 935. The van der Waals surface area contributed by atoms with E-state index in [0.717, 1.165) is 27.9 Å². The molecular weight excluding hydrogens is 300 g/mol. The van der Waals surface area contributed by atoms with Gasteiger partial charge in [-0.15, -0.1) is 10.2 Å². The molecule has 0 unspecified atom stereocenters. The third kappa shape index (κ3) is 3.02. The molecule has 0 aliphatic carbocycles. The van der Waals surface area contributed by atoms with Gasteiger partial charge in [0, 0.05) is 10.9 Å². The van der Waals surface area contributed by atoms with Crippen LogP contribution in [-0.4, -0.2) is 20.4 Å². The van der Waals surface area contributed by atoms with Gasteiger partial charge in [-0.3, -0.25) is 5.10 Å². The van der Waals surface area contributed by atoms with Crippen LogP contribution in [0.25, 0.3) is 22.3 Å². The highest BCUT2D eigenvalue weighted by atomic mass is 16.5. The molecule has 5 heteroatoms. The molecule has 0 spiro atoms. The first kappa shape index (κ1) is 14.5. The fourth-order valence-electron chi connectivity index (χ4n) is 2.57. The summed E-state index contributed by atoms with van der Waals surface area (Å²) in [5.41, 5.74) is 4.51. The smallest absolute Gasteiger partial charge is 0.178 e. The van der Waals surface area contributed by atoms with Crippen molar-refractivity contribution in [1.82, 2.24) is 20.4 Å². The maximum atomic E-state index is 5.79. The Morgan fingerprint density at radius 3 is 2.38 bits per heavy atom. The molecule has 0 radical (unpaired) electrons. The number of H-pyrrole nitrogens is 1. The lowest BCUT2D eigenvalue weighted by Gasteiger charge is -2.03. The van der Waals surface area contributed by atoms with E-state index in [-0.39, 0.29) is 0 Å². The lowest BCUT2D eigenvalue weighted by Crippen LogP contribution is -1.95. The Kier molecular flexibility index (Phi) is 4.00. The van der Waals surface area contributed by atoms with Crippen LogP contribution in [0.4, 0.5) is 0 Å². The normalized spacial score (nSPS) is 11.0. The maximum Gasteiger partial charge on any atom is 0.178 e. The zero-order valence-electron chi connectivity index (χ0n) is 13.0. The van der Waals surface area contributed by atoms with E-state index in [2.05, 4.69) is 20.4 Å². The van der Waals surface area contributed by atoms with Crippen molar-refractivity contribution >= 4 is 11.0 Å². The molecule has 2 aromatic heterocycles. The molecule has 0 amide bonds. The van der Waals surface area contributed by atoms with E-state index in [1.807, 2.05) is 66.7 Å². The molecule has 24 heavy (non-hydrogen) atoms. The summed E-state index contributed by atoms with van der Waals surface area (Å²) in [7, 11) is 0. The molecular formula is C19H16N4O. The monoisotopic (exact) mass is 316 g/mol. The molecule has 4 aromatic rings. The first-order chi connectivity index (χ1) is 11.9. The largest absolute Gasteiger partial charge is 0.370 e. The minimum absolute atomic E-state index is 0.425. The standard InChI is InChI=1S/C19H16N4O/c1-3-7-14(8-4-1)12-24-13-18-16-11-17(15-9-5-2-6-10-15)20-22-19(16)23-21-18/h1-11H,12-13H2,(H,21,22,23). The molecule has 0 saturated heterocycles. The number of nitrogens with one attached hydrogen (secondary N) is 1. The highest BCUT2D eigenvalue weighted by Gasteiger charge is 2.10. The number of nitrogens with zero attached hydrogens (tertiary/aromatic N) is 3. The van der Waals surface area contributed by atoms with Crippen LogP contribution in [0, 0.1) is 0 Å². The molecule has 0 fully saturated rings. The van der Waals surface area contributed by atoms with Gasteiger partial charge in [0.05, 0.1) is 24.6 Å². The van der Waals surface area contributed by atoms with Gasteiger partial charge in [0.15, 0.2) is 5.65 Å². The van der Waals surface area contributed by atoms with Gasteiger partial charge in [0.1, 0.15) is 0 Å². The average Bonchev–Trinajstić information content (AvgIpc) is 3.06. The number of ether oxygens (including phenoxy) is 1. The van der Waals surface area contributed by atoms with Crippen LogP contribution in [0.1, 0.15) is 11.3 Å². The van der Waals surface area contributed by atoms with E-state index < -0.39 is 0 Å².